The summed E-state index contributed by atoms with van der Waals surface area (Å²) in [4.78, 5) is 14.2. The highest BCUT2D eigenvalue weighted by Crippen LogP contribution is 2.15. The SMILES string of the molecule is CCNCC(C)C(=O)NCCN1CCC(C)CC1. The fraction of sp³-hybridized carbons (Fsp3) is 0.929. The largest absolute Gasteiger partial charge is 0.355 e. The van der Waals surface area contributed by atoms with E-state index in [1.165, 1.54) is 25.9 Å². The number of carbonyl (C=O) groups is 1. The van der Waals surface area contributed by atoms with Gasteiger partial charge in [0.05, 0.1) is 0 Å². The molecule has 1 unspecified atom stereocenters. The Labute approximate surface area is 111 Å². The van der Waals surface area contributed by atoms with Gasteiger partial charge in [-0.3, -0.25) is 4.79 Å². The molecule has 0 radical (unpaired) electrons. The molecule has 1 saturated heterocycles. The second-order valence-corrected chi connectivity index (χ2v) is 5.52. The maximum Gasteiger partial charge on any atom is 0.224 e. The van der Waals surface area contributed by atoms with Gasteiger partial charge in [0.15, 0.2) is 0 Å². The Kier molecular flexibility index (Phi) is 7.28. The molecule has 1 amide bonds. The quantitative estimate of drug-likeness (QED) is 0.715. The minimum atomic E-state index is 0.0614. The molecule has 0 aromatic carbocycles. The summed E-state index contributed by atoms with van der Waals surface area (Å²) >= 11 is 0. The van der Waals surface area contributed by atoms with Gasteiger partial charge in [-0.1, -0.05) is 20.8 Å². The number of rotatable bonds is 7. The molecule has 2 N–H and O–H groups in total. The number of likely N-dealkylation sites (tertiary alicyclic amines) is 1. The van der Waals surface area contributed by atoms with Crippen LogP contribution in [-0.2, 0) is 4.79 Å². The van der Waals surface area contributed by atoms with E-state index in [1.807, 2.05) is 6.92 Å². The Hall–Kier alpha value is -0.610. The summed E-state index contributed by atoms with van der Waals surface area (Å²) in [6.07, 6.45) is 2.59. The van der Waals surface area contributed by atoms with Crippen LogP contribution in [-0.4, -0.2) is 50.1 Å². The van der Waals surface area contributed by atoms with Gasteiger partial charge >= 0.3 is 0 Å². The maximum absolute atomic E-state index is 11.8. The van der Waals surface area contributed by atoms with E-state index < -0.39 is 0 Å². The number of nitrogens with one attached hydrogen (secondary N) is 2. The molecule has 1 aliphatic rings. The van der Waals surface area contributed by atoms with Gasteiger partial charge in [0, 0.05) is 25.6 Å². The van der Waals surface area contributed by atoms with Crippen molar-refractivity contribution in [2.24, 2.45) is 11.8 Å². The van der Waals surface area contributed by atoms with Crippen molar-refractivity contribution < 1.29 is 4.79 Å². The molecule has 0 saturated carbocycles. The Bertz CT molecular complexity index is 237. The number of amides is 1. The lowest BCUT2D eigenvalue weighted by Crippen LogP contribution is -2.41. The van der Waals surface area contributed by atoms with Gasteiger partial charge in [-0.25, -0.2) is 0 Å². The van der Waals surface area contributed by atoms with Crippen molar-refractivity contribution in [1.29, 1.82) is 0 Å². The highest BCUT2D eigenvalue weighted by molar-refractivity contribution is 5.78. The van der Waals surface area contributed by atoms with Crippen molar-refractivity contribution in [3.63, 3.8) is 0 Å². The molecule has 1 aliphatic heterocycles. The van der Waals surface area contributed by atoms with Gasteiger partial charge in [-0.05, 0) is 38.4 Å². The Morgan fingerprint density at radius 2 is 2.06 bits per heavy atom. The van der Waals surface area contributed by atoms with Crippen molar-refractivity contribution in [2.75, 3.05) is 39.3 Å². The third kappa shape index (κ3) is 5.83. The number of hydrogen-bond acceptors (Lipinski definition) is 3. The molecule has 0 bridgehead atoms. The summed E-state index contributed by atoms with van der Waals surface area (Å²) in [5.41, 5.74) is 0. The Morgan fingerprint density at radius 1 is 1.39 bits per heavy atom. The second kappa shape index (κ2) is 8.48. The van der Waals surface area contributed by atoms with Gasteiger partial charge < -0.3 is 15.5 Å². The zero-order chi connectivity index (χ0) is 13.4. The second-order valence-electron chi connectivity index (χ2n) is 5.52. The third-order valence-electron chi connectivity index (χ3n) is 3.75. The predicted molar refractivity (Wildman–Crippen MR) is 75.6 cm³/mol. The number of piperidine rings is 1. The van der Waals surface area contributed by atoms with Crippen molar-refractivity contribution in [3.8, 4) is 0 Å². The normalized spacial score (nSPS) is 19.7. The van der Waals surface area contributed by atoms with E-state index in [1.54, 1.807) is 0 Å². The summed E-state index contributed by atoms with van der Waals surface area (Å²) in [6, 6.07) is 0. The molecule has 1 atom stereocenters. The van der Waals surface area contributed by atoms with Gasteiger partial charge in [-0.15, -0.1) is 0 Å². The van der Waals surface area contributed by atoms with E-state index in [9.17, 15) is 4.79 Å². The van der Waals surface area contributed by atoms with Crippen molar-refractivity contribution in [3.05, 3.63) is 0 Å². The first-order valence-electron chi connectivity index (χ1n) is 7.34. The number of nitrogens with zero attached hydrogens (tertiary/aromatic N) is 1. The van der Waals surface area contributed by atoms with E-state index >= 15 is 0 Å². The fourth-order valence-electron chi connectivity index (χ4n) is 2.25. The molecule has 106 valence electrons. The van der Waals surface area contributed by atoms with Crippen molar-refractivity contribution >= 4 is 5.91 Å². The summed E-state index contributed by atoms with van der Waals surface area (Å²) in [7, 11) is 0. The molecule has 1 heterocycles. The lowest BCUT2D eigenvalue weighted by molar-refractivity contribution is -0.124. The van der Waals surface area contributed by atoms with Crippen LogP contribution in [0.3, 0.4) is 0 Å². The predicted octanol–water partition coefficient (Wildman–Crippen LogP) is 1.08. The average molecular weight is 255 g/mol. The molecule has 0 aromatic heterocycles. The fourth-order valence-corrected chi connectivity index (χ4v) is 2.25. The molecular formula is C14H29N3O. The van der Waals surface area contributed by atoms with Gasteiger partial charge in [0.2, 0.25) is 5.91 Å². The average Bonchev–Trinajstić information content (AvgIpc) is 2.38. The van der Waals surface area contributed by atoms with E-state index in [2.05, 4.69) is 29.4 Å². The van der Waals surface area contributed by atoms with E-state index in [0.29, 0.717) is 0 Å². The van der Waals surface area contributed by atoms with Crippen molar-refractivity contribution in [2.45, 2.75) is 33.6 Å². The molecule has 0 aromatic rings. The highest BCUT2D eigenvalue weighted by Gasteiger charge is 2.16. The van der Waals surface area contributed by atoms with E-state index in [0.717, 1.165) is 32.1 Å². The molecule has 4 heteroatoms. The molecule has 0 aliphatic carbocycles. The van der Waals surface area contributed by atoms with Crippen LogP contribution in [0.15, 0.2) is 0 Å². The molecular weight excluding hydrogens is 226 g/mol. The minimum Gasteiger partial charge on any atom is -0.355 e. The Morgan fingerprint density at radius 3 is 2.67 bits per heavy atom. The standard InChI is InChI=1S/C14H29N3O/c1-4-15-11-13(3)14(18)16-7-10-17-8-5-12(2)6-9-17/h12-13,15H,4-11H2,1-3H3,(H,16,18). The van der Waals surface area contributed by atoms with E-state index in [4.69, 9.17) is 0 Å². The maximum atomic E-state index is 11.8. The van der Waals surface area contributed by atoms with Crippen LogP contribution in [0.2, 0.25) is 0 Å². The Balaban J connectivity index is 2.08. The first kappa shape index (κ1) is 15.4. The van der Waals surface area contributed by atoms with Crippen LogP contribution in [0.25, 0.3) is 0 Å². The summed E-state index contributed by atoms with van der Waals surface area (Å²) < 4.78 is 0. The lowest BCUT2D eigenvalue weighted by atomic mass is 9.99. The lowest BCUT2D eigenvalue weighted by Gasteiger charge is -2.30. The van der Waals surface area contributed by atoms with Gasteiger partial charge in [0.25, 0.3) is 0 Å². The number of carbonyl (C=O) groups excluding carboxylic acids is 1. The third-order valence-corrected chi connectivity index (χ3v) is 3.75. The molecule has 18 heavy (non-hydrogen) atoms. The van der Waals surface area contributed by atoms with Crippen LogP contribution in [0.1, 0.15) is 33.6 Å². The smallest absolute Gasteiger partial charge is 0.224 e. The van der Waals surface area contributed by atoms with Crippen LogP contribution in [0.5, 0.6) is 0 Å². The minimum absolute atomic E-state index is 0.0614. The van der Waals surface area contributed by atoms with Crippen LogP contribution < -0.4 is 10.6 Å². The first-order valence-corrected chi connectivity index (χ1v) is 7.34. The number of hydrogen-bond donors (Lipinski definition) is 2. The van der Waals surface area contributed by atoms with Crippen LogP contribution in [0.4, 0.5) is 0 Å². The molecule has 1 rings (SSSR count). The monoisotopic (exact) mass is 255 g/mol. The van der Waals surface area contributed by atoms with Gasteiger partial charge in [-0.2, -0.15) is 0 Å². The van der Waals surface area contributed by atoms with Gasteiger partial charge in [0.1, 0.15) is 0 Å². The highest BCUT2D eigenvalue weighted by atomic mass is 16.1. The molecule has 1 fully saturated rings. The molecule has 4 nitrogen and oxygen atoms in total. The summed E-state index contributed by atoms with van der Waals surface area (Å²) in [5.74, 6) is 1.10. The van der Waals surface area contributed by atoms with Crippen LogP contribution in [0, 0.1) is 11.8 Å². The van der Waals surface area contributed by atoms with Crippen LogP contribution >= 0.6 is 0 Å². The molecule has 0 spiro atoms. The summed E-state index contributed by atoms with van der Waals surface area (Å²) in [6.45, 7) is 12.2. The van der Waals surface area contributed by atoms with E-state index in [-0.39, 0.29) is 11.8 Å². The topological polar surface area (TPSA) is 44.4 Å². The van der Waals surface area contributed by atoms with Crippen molar-refractivity contribution in [1.82, 2.24) is 15.5 Å². The summed E-state index contributed by atoms with van der Waals surface area (Å²) in [5, 5.41) is 6.23. The zero-order valence-corrected chi connectivity index (χ0v) is 12.2. The first-order chi connectivity index (χ1) is 8.63. The zero-order valence-electron chi connectivity index (χ0n) is 12.2.